The molecule has 0 aromatic carbocycles. The van der Waals surface area contributed by atoms with Gasteiger partial charge in [-0.2, -0.15) is 0 Å². The third kappa shape index (κ3) is 13.4. The van der Waals surface area contributed by atoms with Crippen LogP contribution in [0.2, 0.25) is 0 Å². The van der Waals surface area contributed by atoms with Crippen molar-refractivity contribution in [1.82, 2.24) is 10.6 Å². The van der Waals surface area contributed by atoms with Gasteiger partial charge in [-0.25, -0.2) is 4.79 Å². The fraction of sp³-hybridized carbons (Fsp3) is 0.714. The maximum absolute atomic E-state index is 11.6. The van der Waals surface area contributed by atoms with Crippen LogP contribution in [0, 0.1) is 0 Å². The van der Waals surface area contributed by atoms with E-state index < -0.39 is 6.09 Å². The Morgan fingerprint density at radius 1 is 1.00 bits per heavy atom. The summed E-state index contributed by atoms with van der Waals surface area (Å²) in [5.74, 6) is 0.272. The molecule has 0 aliphatic carbocycles. The van der Waals surface area contributed by atoms with Crippen LogP contribution in [0.1, 0.15) is 39.0 Å². The molecule has 2 amide bonds. The van der Waals surface area contributed by atoms with Crippen molar-refractivity contribution < 1.29 is 23.9 Å². The first-order valence-corrected chi connectivity index (χ1v) is 8.18. The van der Waals surface area contributed by atoms with Crippen LogP contribution in [0.4, 0.5) is 4.79 Å². The lowest BCUT2D eigenvalue weighted by atomic mass is 10.1. The Hall–Kier alpha value is -1.57. The number of carbonyl (C=O) groups excluding carboxylic acids is 4. The molecule has 0 rings (SSSR count). The highest BCUT2D eigenvalue weighted by atomic mass is 32.2. The lowest BCUT2D eigenvalue weighted by Gasteiger charge is -2.04. The summed E-state index contributed by atoms with van der Waals surface area (Å²) in [6.07, 6.45) is 2.12. The van der Waals surface area contributed by atoms with E-state index in [1.54, 1.807) is 0 Å². The van der Waals surface area contributed by atoms with E-state index in [1.165, 1.54) is 14.0 Å². The van der Waals surface area contributed by atoms with Crippen molar-refractivity contribution in [3.63, 3.8) is 0 Å². The molecule has 0 bridgehead atoms. The van der Waals surface area contributed by atoms with E-state index in [-0.39, 0.29) is 23.2 Å². The molecule has 0 atom stereocenters. The average molecular weight is 332 g/mol. The number of alkyl carbamates (subject to hydrolysis) is 1. The average Bonchev–Trinajstić information content (AvgIpc) is 2.46. The molecule has 0 aromatic heterocycles. The minimum atomic E-state index is -0.460. The Morgan fingerprint density at radius 3 is 2.36 bits per heavy atom. The first-order chi connectivity index (χ1) is 10.5. The van der Waals surface area contributed by atoms with E-state index in [2.05, 4.69) is 15.4 Å². The fourth-order valence-corrected chi connectivity index (χ4v) is 2.27. The number of carbonyl (C=O) groups is 4. The molecule has 2 N–H and O–H groups in total. The van der Waals surface area contributed by atoms with E-state index in [0.717, 1.165) is 24.6 Å². The number of amides is 2. The van der Waals surface area contributed by atoms with Crippen LogP contribution < -0.4 is 10.6 Å². The second-order valence-corrected chi connectivity index (χ2v) is 5.80. The summed E-state index contributed by atoms with van der Waals surface area (Å²) in [4.78, 5) is 44.5. The second kappa shape index (κ2) is 13.1. The second-order valence-electron chi connectivity index (χ2n) is 4.65. The molecular weight excluding hydrogens is 308 g/mol. The van der Waals surface area contributed by atoms with Gasteiger partial charge in [0.05, 0.1) is 13.5 Å². The Bertz CT molecular complexity index is 387. The summed E-state index contributed by atoms with van der Waals surface area (Å²) < 4.78 is 4.42. The SMILES string of the molecule is COC(=O)NCCCCCC(=O)CC(=O)SCCNC(C)=O. The number of methoxy groups -OCH3 is 1. The zero-order valence-corrected chi connectivity index (χ0v) is 13.9. The van der Waals surface area contributed by atoms with Gasteiger partial charge in [0.1, 0.15) is 5.78 Å². The summed E-state index contributed by atoms with van der Waals surface area (Å²) in [6, 6.07) is 0. The van der Waals surface area contributed by atoms with Crippen LogP contribution in [0.5, 0.6) is 0 Å². The number of Topliss-reactive ketones (excluding diaryl/α,β-unsaturated/α-hetero) is 1. The Morgan fingerprint density at radius 2 is 1.73 bits per heavy atom. The van der Waals surface area contributed by atoms with Crippen molar-refractivity contribution in [3.8, 4) is 0 Å². The van der Waals surface area contributed by atoms with Gasteiger partial charge in [0.15, 0.2) is 5.12 Å². The number of unbranched alkanes of at least 4 members (excludes halogenated alkanes) is 2. The highest BCUT2D eigenvalue weighted by Crippen LogP contribution is 2.08. The molecule has 8 heteroatoms. The van der Waals surface area contributed by atoms with Gasteiger partial charge in [-0.15, -0.1) is 0 Å². The topological polar surface area (TPSA) is 102 Å². The predicted molar refractivity (Wildman–Crippen MR) is 84.6 cm³/mol. The molecule has 0 saturated carbocycles. The van der Waals surface area contributed by atoms with Crippen molar-refractivity contribution >= 4 is 34.7 Å². The molecule has 0 aliphatic rings. The van der Waals surface area contributed by atoms with Gasteiger partial charge in [-0.1, -0.05) is 18.2 Å². The summed E-state index contributed by atoms with van der Waals surface area (Å²) in [5.41, 5.74) is 0. The Labute approximate surface area is 134 Å². The normalized spacial score (nSPS) is 9.91. The molecule has 0 fully saturated rings. The fourth-order valence-electron chi connectivity index (χ4n) is 1.58. The smallest absolute Gasteiger partial charge is 0.406 e. The molecule has 0 spiro atoms. The predicted octanol–water partition coefficient (Wildman–Crippen LogP) is 1.26. The molecule has 7 nitrogen and oxygen atoms in total. The van der Waals surface area contributed by atoms with E-state index in [9.17, 15) is 19.2 Å². The van der Waals surface area contributed by atoms with Gasteiger partial charge < -0.3 is 15.4 Å². The van der Waals surface area contributed by atoms with E-state index >= 15 is 0 Å². The standard InChI is InChI=1S/C14H24N2O5S/c1-11(17)15-8-9-22-13(19)10-12(18)6-4-3-5-7-16-14(20)21-2/h3-10H2,1-2H3,(H,15,17)(H,16,20). The van der Waals surface area contributed by atoms with Gasteiger partial charge in [0.25, 0.3) is 0 Å². The highest BCUT2D eigenvalue weighted by Gasteiger charge is 2.10. The lowest BCUT2D eigenvalue weighted by molar-refractivity contribution is -0.123. The molecule has 126 valence electrons. The minimum Gasteiger partial charge on any atom is -0.453 e. The minimum absolute atomic E-state index is 0.0643. The molecule has 22 heavy (non-hydrogen) atoms. The summed E-state index contributed by atoms with van der Waals surface area (Å²) in [7, 11) is 1.30. The van der Waals surface area contributed by atoms with Crippen LogP contribution in [0.25, 0.3) is 0 Å². The van der Waals surface area contributed by atoms with Crippen molar-refractivity contribution in [2.75, 3.05) is 26.0 Å². The molecule has 0 aliphatic heterocycles. The highest BCUT2D eigenvalue weighted by molar-refractivity contribution is 8.13. The third-order valence-electron chi connectivity index (χ3n) is 2.67. The summed E-state index contributed by atoms with van der Waals surface area (Å²) in [5, 5.41) is 4.98. The van der Waals surface area contributed by atoms with Crippen molar-refractivity contribution in [1.29, 1.82) is 0 Å². The number of hydrogen-bond donors (Lipinski definition) is 2. The van der Waals surface area contributed by atoms with Crippen molar-refractivity contribution in [3.05, 3.63) is 0 Å². The molecular formula is C14H24N2O5S. The molecule has 0 aromatic rings. The van der Waals surface area contributed by atoms with Gasteiger partial charge in [0, 0.05) is 32.2 Å². The van der Waals surface area contributed by atoms with Gasteiger partial charge >= 0.3 is 6.09 Å². The molecule has 0 unspecified atom stereocenters. The van der Waals surface area contributed by atoms with Crippen molar-refractivity contribution in [2.24, 2.45) is 0 Å². The largest absolute Gasteiger partial charge is 0.453 e. The first-order valence-electron chi connectivity index (χ1n) is 7.19. The van der Waals surface area contributed by atoms with E-state index in [0.29, 0.717) is 31.7 Å². The quantitative estimate of drug-likeness (QED) is 0.436. The van der Waals surface area contributed by atoms with Crippen LogP contribution in [0.3, 0.4) is 0 Å². The number of rotatable bonds is 11. The maximum atomic E-state index is 11.6. The van der Waals surface area contributed by atoms with Gasteiger partial charge in [-0.05, 0) is 12.8 Å². The van der Waals surface area contributed by atoms with Crippen LogP contribution in [-0.4, -0.2) is 48.9 Å². The number of ether oxygens (including phenoxy) is 1. The summed E-state index contributed by atoms with van der Waals surface area (Å²) in [6.45, 7) is 2.35. The number of nitrogens with one attached hydrogen (secondary N) is 2. The zero-order valence-electron chi connectivity index (χ0n) is 13.1. The van der Waals surface area contributed by atoms with Crippen LogP contribution in [-0.2, 0) is 19.1 Å². The number of ketones is 1. The number of thioether (sulfide) groups is 1. The molecule has 0 heterocycles. The molecule has 0 saturated heterocycles. The van der Waals surface area contributed by atoms with E-state index in [4.69, 9.17) is 0 Å². The summed E-state index contributed by atoms with van der Waals surface area (Å²) >= 11 is 1.06. The number of hydrogen-bond acceptors (Lipinski definition) is 6. The Kier molecular flexibility index (Phi) is 12.2. The van der Waals surface area contributed by atoms with Crippen LogP contribution in [0.15, 0.2) is 0 Å². The van der Waals surface area contributed by atoms with Gasteiger partial charge in [-0.3, -0.25) is 14.4 Å². The van der Waals surface area contributed by atoms with Gasteiger partial charge in [0.2, 0.25) is 5.91 Å². The van der Waals surface area contributed by atoms with Crippen LogP contribution >= 0.6 is 11.8 Å². The van der Waals surface area contributed by atoms with Crippen molar-refractivity contribution in [2.45, 2.75) is 39.0 Å². The van der Waals surface area contributed by atoms with E-state index in [1.807, 2.05) is 0 Å². The molecule has 0 radical (unpaired) electrons. The Balaban J connectivity index is 3.50. The third-order valence-corrected chi connectivity index (χ3v) is 3.54. The monoisotopic (exact) mass is 332 g/mol. The first kappa shape index (κ1) is 20.4. The maximum Gasteiger partial charge on any atom is 0.406 e. The zero-order chi connectivity index (χ0) is 16.8. The lowest BCUT2D eigenvalue weighted by Crippen LogP contribution is -2.23.